The van der Waals surface area contributed by atoms with E-state index in [0.29, 0.717) is 17.8 Å². The van der Waals surface area contributed by atoms with Gasteiger partial charge in [0.2, 0.25) is 0 Å². The lowest BCUT2D eigenvalue weighted by Gasteiger charge is -2.59. The molecule has 0 radical (unpaired) electrons. The first kappa shape index (κ1) is 19.5. The predicted molar refractivity (Wildman–Crippen MR) is 113 cm³/mol. The number of nitrogens with zero attached hydrogens (tertiary/aromatic N) is 1. The Morgan fingerprint density at radius 3 is 2.73 bits per heavy atom. The molecule has 30 heavy (non-hydrogen) atoms. The molecule has 0 unspecified atom stereocenters. The van der Waals surface area contributed by atoms with Gasteiger partial charge in [-0.05, 0) is 88.0 Å². The SMILES string of the molecule is CC1(C)O[C@@H]2C[C@H]3[C@@H]4CC=C5C[C@H](O)CC[C@]5(C)[C@@H]4CC[C@]3(C)[C@]2(c2ccn[nH]2)O1. The Morgan fingerprint density at radius 1 is 1.13 bits per heavy atom. The Balaban J connectivity index is 1.42. The van der Waals surface area contributed by atoms with Crippen LogP contribution in [0.15, 0.2) is 23.9 Å². The second kappa shape index (κ2) is 5.99. The van der Waals surface area contributed by atoms with Gasteiger partial charge in [0, 0.05) is 11.6 Å². The molecular formula is C25H36N2O3. The quantitative estimate of drug-likeness (QED) is 0.657. The summed E-state index contributed by atoms with van der Waals surface area (Å²) in [6.45, 7) is 9.06. The highest BCUT2D eigenvalue weighted by atomic mass is 16.8. The van der Waals surface area contributed by atoms with Crippen molar-refractivity contribution in [2.45, 2.75) is 96.2 Å². The molecule has 5 heteroatoms. The van der Waals surface area contributed by atoms with Crippen molar-refractivity contribution in [3.8, 4) is 0 Å². The number of aliphatic hydroxyl groups excluding tert-OH is 1. The first-order valence-electron chi connectivity index (χ1n) is 11.9. The fourth-order valence-corrected chi connectivity index (χ4v) is 8.69. The number of ether oxygens (including phenoxy) is 2. The molecule has 0 aromatic carbocycles. The largest absolute Gasteiger partial charge is 0.393 e. The van der Waals surface area contributed by atoms with Crippen LogP contribution in [0.4, 0.5) is 0 Å². The van der Waals surface area contributed by atoms with E-state index in [1.54, 1.807) is 0 Å². The Bertz CT molecular complexity index is 879. The lowest BCUT2D eigenvalue weighted by Crippen LogP contribution is -2.55. The van der Waals surface area contributed by atoms with Gasteiger partial charge in [-0.2, -0.15) is 5.10 Å². The summed E-state index contributed by atoms with van der Waals surface area (Å²) in [5.41, 5.74) is 2.44. The number of allylic oxidation sites excluding steroid dienone is 1. The maximum Gasteiger partial charge on any atom is 0.164 e. The van der Waals surface area contributed by atoms with Crippen LogP contribution < -0.4 is 0 Å². The second-order valence-corrected chi connectivity index (χ2v) is 11.7. The lowest BCUT2D eigenvalue weighted by molar-refractivity contribution is -0.220. The molecule has 2 N–H and O–H groups in total. The van der Waals surface area contributed by atoms with Crippen LogP contribution in [0.25, 0.3) is 0 Å². The summed E-state index contributed by atoms with van der Waals surface area (Å²) in [6, 6.07) is 2.10. The van der Waals surface area contributed by atoms with Gasteiger partial charge in [0.05, 0.1) is 17.9 Å². The zero-order chi connectivity index (χ0) is 20.9. The summed E-state index contributed by atoms with van der Waals surface area (Å²) >= 11 is 0. The van der Waals surface area contributed by atoms with E-state index in [-0.39, 0.29) is 23.0 Å². The minimum Gasteiger partial charge on any atom is -0.393 e. The Kier molecular flexibility index (Phi) is 3.90. The molecule has 6 rings (SSSR count). The zero-order valence-corrected chi connectivity index (χ0v) is 18.8. The van der Waals surface area contributed by atoms with Crippen LogP contribution in [0.1, 0.15) is 78.3 Å². The van der Waals surface area contributed by atoms with Crippen molar-refractivity contribution >= 4 is 0 Å². The highest BCUT2D eigenvalue weighted by Gasteiger charge is 2.74. The molecule has 8 atom stereocenters. The third-order valence-corrected chi connectivity index (χ3v) is 9.97. The van der Waals surface area contributed by atoms with Gasteiger partial charge in [-0.25, -0.2) is 0 Å². The topological polar surface area (TPSA) is 67.4 Å². The molecule has 4 aliphatic carbocycles. The molecule has 1 aromatic rings. The summed E-state index contributed by atoms with van der Waals surface area (Å²) in [6.07, 6.45) is 11.8. The first-order valence-corrected chi connectivity index (χ1v) is 11.9. The Morgan fingerprint density at radius 2 is 1.97 bits per heavy atom. The van der Waals surface area contributed by atoms with Gasteiger partial charge >= 0.3 is 0 Å². The summed E-state index contributed by atoms with van der Waals surface area (Å²) in [5, 5.41) is 17.8. The third kappa shape index (κ3) is 2.27. The molecule has 164 valence electrons. The van der Waals surface area contributed by atoms with E-state index in [0.717, 1.165) is 44.2 Å². The molecule has 5 aliphatic rings. The van der Waals surface area contributed by atoms with E-state index in [1.165, 1.54) is 12.0 Å². The van der Waals surface area contributed by atoms with E-state index in [2.05, 4.69) is 50.0 Å². The maximum absolute atomic E-state index is 10.3. The fraction of sp³-hybridized carbons (Fsp3) is 0.800. The Hall–Kier alpha value is -1.17. The van der Waals surface area contributed by atoms with E-state index in [4.69, 9.17) is 9.47 Å². The molecule has 1 saturated heterocycles. The first-order chi connectivity index (χ1) is 14.2. The third-order valence-electron chi connectivity index (χ3n) is 9.97. The molecule has 0 amide bonds. The number of aromatic nitrogens is 2. The minimum atomic E-state index is -0.578. The van der Waals surface area contributed by atoms with E-state index >= 15 is 0 Å². The Labute approximate surface area is 179 Å². The number of fused-ring (bicyclic) bond motifs is 7. The standard InChI is InChI=1S/C25H36N2O3/c1-22(2)29-21-14-19-17-6-5-15-13-16(28)7-10-23(15,3)18(17)8-11-24(19,4)25(21,30-22)20-9-12-26-27-20/h5,9,12,16-19,21,28H,6-8,10-11,13-14H2,1-4H3,(H,26,27)/t16-,17-,18-,19+,21-,23+,24+,25-/m1/s1. The highest BCUT2D eigenvalue weighted by Crippen LogP contribution is 2.72. The van der Waals surface area contributed by atoms with Gasteiger partial charge in [0.25, 0.3) is 0 Å². The van der Waals surface area contributed by atoms with Gasteiger partial charge in [-0.3, -0.25) is 5.10 Å². The zero-order valence-electron chi connectivity index (χ0n) is 18.8. The van der Waals surface area contributed by atoms with Crippen molar-refractivity contribution in [1.82, 2.24) is 10.2 Å². The average Bonchev–Trinajstić information content (AvgIpc) is 3.35. The van der Waals surface area contributed by atoms with Crippen LogP contribution in [0.3, 0.4) is 0 Å². The normalized spacial score (nSPS) is 51.5. The second-order valence-electron chi connectivity index (χ2n) is 11.7. The number of hydrogen-bond donors (Lipinski definition) is 2. The number of aliphatic hydroxyl groups is 1. The molecule has 0 bridgehead atoms. The predicted octanol–water partition coefficient (Wildman–Crippen LogP) is 4.69. The molecule has 1 aromatic heterocycles. The smallest absolute Gasteiger partial charge is 0.164 e. The molecule has 1 aliphatic heterocycles. The number of H-pyrrole nitrogens is 1. The van der Waals surface area contributed by atoms with Crippen molar-refractivity contribution in [3.63, 3.8) is 0 Å². The van der Waals surface area contributed by atoms with Crippen molar-refractivity contribution in [1.29, 1.82) is 0 Å². The van der Waals surface area contributed by atoms with Crippen LogP contribution in [0.2, 0.25) is 0 Å². The monoisotopic (exact) mass is 412 g/mol. The summed E-state index contributed by atoms with van der Waals surface area (Å²) < 4.78 is 13.4. The van der Waals surface area contributed by atoms with Crippen molar-refractivity contribution in [2.75, 3.05) is 0 Å². The van der Waals surface area contributed by atoms with E-state index in [1.807, 2.05) is 6.20 Å². The van der Waals surface area contributed by atoms with Gasteiger partial charge in [-0.1, -0.05) is 25.5 Å². The molecule has 5 nitrogen and oxygen atoms in total. The molecule has 0 spiro atoms. The van der Waals surface area contributed by atoms with Crippen LogP contribution in [-0.4, -0.2) is 33.3 Å². The van der Waals surface area contributed by atoms with Gasteiger partial charge < -0.3 is 14.6 Å². The van der Waals surface area contributed by atoms with E-state index < -0.39 is 11.4 Å². The lowest BCUT2D eigenvalue weighted by atomic mass is 9.46. The number of nitrogens with one attached hydrogen (secondary N) is 1. The van der Waals surface area contributed by atoms with Crippen LogP contribution in [0.5, 0.6) is 0 Å². The maximum atomic E-state index is 10.3. The van der Waals surface area contributed by atoms with Gasteiger partial charge in [0.1, 0.15) is 5.60 Å². The summed E-state index contributed by atoms with van der Waals surface area (Å²) in [5.74, 6) is 1.36. The highest BCUT2D eigenvalue weighted by molar-refractivity contribution is 5.31. The minimum absolute atomic E-state index is 0.0228. The fourth-order valence-electron chi connectivity index (χ4n) is 8.69. The van der Waals surface area contributed by atoms with Gasteiger partial charge in [-0.15, -0.1) is 0 Å². The average molecular weight is 413 g/mol. The molecule has 3 saturated carbocycles. The summed E-state index contributed by atoms with van der Waals surface area (Å²) in [4.78, 5) is 0. The molecule has 2 heterocycles. The van der Waals surface area contributed by atoms with Crippen molar-refractivity contribution in [2.24, 2.45) is 28.6 Å². The van der Waals surface area contributed by atoms with Crippen LogP contribution in [0, 0.1) is 28.6 Å². The molecular weight excluding hydrogens is 376 g/mol. The number of aromatic amines is 1. The van der Waals surface area contributed by atoms with Crippen molar-refractivity contribution < 1.29 is 14.6 Å². The van der Waals surface area contributed by atoms with Gasteiger partial charge in [0.15, 0.2) is 5.79 Å². The van der Waals surface area contributed by atoms with Crippen molar-refractivity contribution in [3.05, 3.63) is 29.6 Å². The van der Waals surface area contributed by atoms with E-state index in [9.17, 15) is 5.11 Å². The molecule has 4 fully saturated rings. The number of hydrogen-bond acceptors (Lipinski definition) is 4. The number of rotatable bonds is 1. The van der Waals surface area contributed by atoms with Crippen LogP contribution >= 0.6 is 0 Å². The van der Waals surface area contributed by atoms with Crippen LogP contribution in [-0.2, 0) is 15.1 Å². The summed E-state index contributed by atoms with van der Waals surface area (Å²) in [7, 11) is 0.